The molecule has 0 spiro atoms. The molecule has 0 saturated carbocycles. The Morgan fingerprint density at radius 1 is 1.47 bits per heavy atom. The summed E-state index contributed by atoms with van der Waals surface area (Å²) in [7, 11) is 0. The molecule has 0 aromatic heterocycles. The summed E-state index contributed by atoms with van der Waals surface area (Å²) in [4.78, 5) is 22.9. The van der Waals surface area contributed by atoms with E-state index in [9.17, 15) is 9.59 Å². The van der Waals surface area contributed by atoms with Gasteiger partial charge in [0.05, 0.1) is 11.6 Å². The van der Waals surface area contributed by atoms with Crippen molar-refractivity contribution in [2.24, 2.45) is 0 Å². The van der Waals surface area contributed by atoms with Crippen molar-refractivity contribution >= 4 is 17.6 Å². The van der Waals surface area contributed by atoms with E-state index in [0.717, 1.165) is 0 Å². The van der Waals surface area contributed by atoms with Gasteiger partial charge < -0.3 is 15.2 Å². The zero-order valence-corrected chi connectivity index (χ0v) is 11.2. The van der Waals surface area contributed by atoms with Crippen molar-refractivity contribution in [1.82, 2.24) is 0 Å². The molecule has 0 fully saturated rings. The van der Waals surface area contributed by atoms with Crippen LogP contribution in [0.2, 0.25) is 0 Å². The van der Waals surface area contributed by atoms with Crippen LogP contribution in [0.3, 0.4) is 0 Å². The van der Waals surface area contributed by atoms with E-state index in [1.807, 2.05) is 6.92 Å². The minimum absolute atomic E-state index is 0.210. The highest BCUT2D eigenvalue weighted by Crippen LogP contribution is 2.36. The molecule has 19 heavy (non-hydrogen) atoms. The first kappa shape index (κ1) is 13.4. The highest BCUT2D eigenvalue weighted by molar-refractivity contribution is 6.00. The van der Waals surface area contributed by atoms with E-state index < -0.39 is 17.5 Å². The van der Waals surface area contributed by atoms with E-state index in [1.165, 1.54) is 0 Å². The van der Waals surface area contributed by atoms with Gasteiger partial charge in [-0.1, -0.05) is 13.0 Å². The van der Waals surface area contributed by atoms with Crippen LogP contribution in [0.25, 0.3) is 0 Å². The number of carbonyl (C=O) groups is 2. The van der Waals surface area contributed by atoms with Crippen LogP contribution in [0, 0.1) is 0 Å². The topological polar surface area (TPSA) is 75.6 Å². The van der Waals surface area contributed by atoms with Crippen molar-refractivity contribution in [1.29, 1.82) is 0 Å². The van der Waals surface area contributed by atoms with Crippen LogP contribution >= 0.6 is 0 Å². The van der Waals surface area contributed by atoms with Gasteiger partial charge in [0.15, 0.2) is 5.60 Å². The normalized spacial score (nSPS) is 17.9. The zero-order chi connectivity index (χ0) is 14.2. The third-order valence-electron chi connectivity index (χ3n) is 3.27. The molecule has 102 valence electrons. The number of rotatable bonds is 3. The average molecular weight is 263 g/mol. The van der Waals surface area contributed by atoms with Crippen LogP contribution < -0.4 is 10.1 Å². The number of hydrogen-bond donors (Lipinski definition) is 2. The molecule has 0 bridgehead atoms. The van der Waals surface area contributed by atoms with Crippen molar-refractivity contribution in [2.45, 2.75) is 38.7 Å². The minimum atomic E-state index is -0.948. The third kappa shape index (κ3) is 2.41. The smallest absolute Gasteiger partial charge is 0.310 e. The molecular weight excluding hydrogens is 246 g/mol. The predicted octanol–water partition coefficient (Wildman–Crippen LogP) is 2.37. The van der Waals surface area contributed by atoms with Crippen LogP contribution in [0.15, 0.2) is 18.2 Å². The molecule has 1 aliphatic heterocycles. The molecule has 5 nitrogen and oxygen atoms in total. The van der Waals surface area contributed by atoms with Crippen LogP contribution in [0.5, 0.6) is 5.75 Å². The molecule has 0 radical (unpaired) electrons. The largest absolute Gasteiger partial charge is 0.481 e. The number of carbonyl (C=O) groups excluding carboxylic acids is 1. The van der Waals surface area contributed by atoms with E-state index >= 15 is 0 Å². The molecule has 2 N–H and O–H groups in total. The highest BCUT2D eigenvalue weighted by atomic mass is 16.5. The second kappa shape index (κ2) is 4.57. The maximum Gasteiger partial charge on any atom is 0.310 e. The lowest BCUT2D eigenvalue weighted by Gasteiger charge is -2.32. The summed E-state index contributed by atoms with van der Waals surface area (Å²) < 4.78 is 5.64. The Morgan fingerprint density at radius 3 is 2.74 bits per heavy atom. The van der Waals surface area contributed by atoms with Crippen LogP contribution in [0.1, 0.15) is 38.7 Å². The van der Waals surface area contributed by atoms with Gasteiger partial charge in [-0.15, -0.1) is 0 Å². The standard InChI is InChI=1S/C14H17NO4/c1-4-9(12(16)17)8-5-6-10-11(7-8)19-14(2,3)13(18)15-10/h5-7,9H,4H2,1-3H3,(H,15,18)(H,16,17). The number of fused-ring (bicyclic) bond motifs is 1. The van der Waals surface area contributed by atoms with Gasteiger partial charge in [-0.25, -0.2) is 0 Å². The van der Waals surface area contributed by atoms with E-state index in [-0.39, 0.29) is 5.91 Å². The SMILES string of the molecule is CCC(C(=O)O)c1ccc2c(c1)OC(C)(C)C(=O)N2. The number of nitrogens with one attached hydrogen (secondary N) is 1. The van der Waals surface area contributed by atoms with E-state index in [2.05, 4.69) is 5.32 Å². The Kier molecular flexibility index (Phi) is 3.22. The Bertz CT molecular complexity index is 536. The maximum atomic E-state index is 11.7. The fourth-order valence-electron chi connectivity index (χ4n) is 2.09. The van der Waals surface area contributed by atoms with Crippen LogP contribution in [-0.2, 0) is 9.59 Å². The number of carboxylic acid groups (broad SMARTS) is 1. The molecule has 1 heterocycles. The number of ether oxygens (including phenoxy) is 1. The first-order chi connectivity index (χ1) is 8.85. The summed E-state index contributed by atoms with van der Waals surface area (Å²) in [6, 6.07) is 5.09. The predicted molar refractivity (Wildman–Crippen MR) is 70.4 cm³/mol. The van der Waals surface area contributed by atoms with Gasteiger partial charge >= 0.3 is 5.97 Å². The summed E-state index contributed by atoms with van der Waals surface area (Å²) >= 11 is 0. The van der Waals surface area contributed by atoms with Gasteiger partial charge in [0.1, 0.15) is 5.75 Å². The second-order valence-corrected chi connectivity index (χ2v) is 5.12. The van der Waals surface area contributed by atoms with Crippen molar-refractivity contribution in [3.8, 4) is 5.75 Å². The molecule has 0 aliphatic carbocycles. The lowest BCUT2D eigenvalue weighted by atomic mass is 9.95. The van der Waals surface area contributed by atoms with E-state index in [4.69, 9.17) is 9.84 Å². The van der Waals surface area contributed by atoms with Crippen molar-refractivity contribution in [3.05, 3.63) is 23.8 Å². The van der Waals surface area contributed by atoms with E-state index in [1.54, 1.807) is 32.0 Å². The average Bonchev–Trinajstić information content (AvgIpc) is 2.31. The summed E-state index contributed by atoms with van der Waals surface area (Å²) in [5, 5.41) is 11.9. The molecule has 1 aliphatic rings. The summed E-state index contributed by atoms with van der Waals surface area (Å²) in [6.45, 7) is 5.17. The highest BCUT2D eigenvalue weighted by Gasteiger charge is 2.35. The fourth-order valence-corrected chi connectivity index (χ4v) is 2.09. The lowest BCUT2D eigenvalue weighted by Crippen LogP contribution is -2.45. The van der Waals surface area contributed by atoms with Crippen LogP contribution in [-0.4, -0.2) is 22.6 Å². The summed E-state index contributed by atoms with van der Waals surface area (Å²) in [5.41, 5.74) is 0.310. The van der Waals surface area contributed by atoms with Gasteiger partial charge in [-0.2, -0.15) is 0 Å². The fraction of sp³-hybridized carbons (Fsp3) is 0.429. The molecule has 0 saturated heterocycles. The van der Waals surface area contributed by atoms with Crippen molar-refractivity contribution in [3.63, 3.8) is 0 Å². The molecule has 1 unspecified atom stereocenters. The molecule has 5 heteroatoms. The summed E-state index contributed by atoms with van der Waals surface area (Å²) in [6.07, 6.45) is 0.504. The van der Waals surface area contributed by atoms with Gasteiger partial charge in [-0.3, -0.25) is 9.59 Å². The zero-order valence-electron chi connectivity index (χ0n) is 11.2. The quantitative estimate of drug-likeness (QED) is 0.877. The third-order valence-corrected chi connectivity index (χ3v) is 3.27. The number of carboxylic acids is 1. The number of amides is 1. The van der Waals surface area contributed by atoms with Gasteiger partial charge in [-0.05, 0) is 38.0 Å². The molecule has 1 amide bonds. The Hall–Kier alpha value is -2.04. The first-order valence-electron chi connectivity index (χ1n) is 6.22. The van der Waals surface area contributed by atoms with Gasteiger partial charge in [0.2, 0.25) is 0 Å². The number of hydrogen-bond acceptors (Lipinski definition) is 3. The first-order valence-corrected chi connectivity index (χ1v) is 6.22. The molecular formula is C14H17NO4. The van der Waals surface area contributed by atoms with E-state index in [0.29, 0.717) is 23.4 Å². The second-order valence-electron chi connectivity index (χ2n) is 5.12. The maximum absolute atomic E-state index is 11.7. The molecule has 1 aromatic carbocycles. The Labute approximate surface area is 111 Å². The molecule has 2 rings (SSSR count). The van der Waals surface area contributed by atoms with Gasteiger partial charge in [0.25, 0.3) is 5.91 Å². The monoisotopic (exact) mass is 263 g/mol. The Morgan fingerprint density at radius 2 is 2.16 bits per heavy atom. The minimum Gasteiger partial charge on any atom is -0.481 e. The van der Waals surface area contributed by atoms with Crippen molar-refractivity contribution < 1.29 is 19.4 Å². The number of anilines is 1. The Balaban J connectivity index is 2.40. The number of benzene rings is 1. The summed E-state index contributed by atoms with van der Waals surface area (Å²) in [5.74, 6) is -1.11. The lowest BCUT2D eigenvalue weighted by molar-refractivity contribution is -0.139. The van der Waals surface area contributed by atoms with Gasteiger partial charge in [0, 0.05) is 0 Å². The number of aliphatic carboxylic acids is 1. The molecule has 1 aromatic rings. The van der Waals surface area contributed by atoms with Crippen molar-refractivity contribution in [2.75, 3.05) is 5.32 Å². The van der Waals surface area contributed by atoms with Crippen LogP contribution in [0.4, 0.5) is 5.69 Å². The molecule has 1 atom stereocenters.